The second-order valence-electron chi connectivity index (χ2n) is 2.58. The van der Waals surface area contributed by atoms with Crippen molar-refractivity contribution in [2.75, 3.05) is 0 Å². The molecule has 0 saturated carbocycles. The first kappa shape index (κ1) is 13.9. The summed E-state index contributed by atoms with van der Waals surface area (Å²) in [5, 5.41) is 7.87. The molecule has 0 spiro atoms. The number of carbonyl (C=O) groups excluding carboxylic acids is 1. The predicted octanol–water partition coefficient (Wildman–Crippen LogP) is 0.826. The summed E-state index contributed by atoms with van der Waals surface area (Å²) in [5.41, 5.74) is 5.16. The van der Waals surface area contributed by atoms with Gasteiger partial charge in [-0.1, -0.05) is 13.8 Å². The van der Waals surface area contributed by atoms with Crippen molar-refractivity contribution >= 4 is 22.8 Å². The van der Waals surface area contributed by atoms with E-state index in [9.17, 15) is 9.59 Å². The standard InChI is InChI=1S/C5H11NO2.C2H3ClO/c1-3(2)4(6)5(7)8;1-2(3)4/h3-4H,6H2,1-2H3,(H,7,8);1H3/t4-;/m0./s1. The molecule has 4 nitrogen and oxygen atoms in total. The van der Waals surface area contributed by atoms with Gasteiger partial charge in [0.25, 0.3) is 0 Å². The topological polar surface area (TPSA) is 80.4 Å². The van der Waals surface area contributed by atoms with E-state index in [0.717, 1.165) is 0 Å². The fraction of sp³-hybridized carbons (Fsp3) is 0.714. The first-order valence-electron chi connectivity index (χ1n) is 3.43. The van der Waals surface area contributed by atoms with E-state index < -0.39 is 12.0 Å². The van der Waals surface area contributed by atoms with Crippen LogP contribution in [0.15, 0.2) is 0 Å². The van der Waals surface area contributed by atoms with E-state index in [0.29, 0.717) is 0 Å². The van der Waals surface area contributed by atoms with E-state index >= 15 is 0 Å². The zero-order chi connectivity index (χ0) is 10.3. The van der Waals surface area contributed by atoms with Crippen LogP contribution in [0, 0.1) is 5.92 Å². The van der Waals surface area contributed by atoms with Gasteiger partial charge in [0.15, 0.2) is 0 Å². The van der Waals surface area contributed by atoms with Gasteiger partial charge < -0.3 is 10.8 Å². The Hall–Kier alpha value is -0.610. The van der Waals surface area contributed by atoms with Gasteiger partial charge in [0.05, 0.1) is 0 Å². The van der Waals surface area contributed by atoms with Gasteiger partial charge in [0.1, 0.15) is 6.04 Å². The van der Waals surface area contributed by atoms with Gasteiger partial charge >= 0.3 is 5.97 Å². The van der Waals surface area contributed by atoms with E-state index in [1.54, 1.807) is 13.8 Å². The average Bonchev–Trinajstić information content (AvgIpc) is 1.84. The van der Waals surface area contributed by atoms with Gasteiger partial charge in [0.2, 0.25) is 5.24 Å². The second kappa shape index (κ2) is 7.06. The Morgan fingerprint density at radius 3 is 1.67 bits per heavy atom. The summed E-state index contributed by atoms with van der Waals surface area (Å²) in [5.74, 6) is -0.910. The Bertz CT molecular complexity index is 155. The third kappa shape index (κ3) is 12.1. The van der Waals surface area contributed by atoms with Crippen LogP contribution in [0.3, 0.4) is 0 Å². The molecule has 0 bridgehead atoms. The maximum Gasteiger partial charge on any atom is 0.320 e. The summed E-state index contributed by atoms with van der Waals surface area (Å²) in [6.07, 6.45) is 0. The molecule has 0 rings (SSSR count). The molecule has 0 aromatic rings. The van der Waals surface area contributed by atoms with Crippen LogP contribution in [0.2, 0.25) is 0 Å². The molecule has 1 atom stereocenters. The number of hydrogen-bond acceptors (Lipinski definition) is 3. The van der Waals surface area contributed by atoms with Crippen molar-refractivity contribution in [3.05, 3.63) is 0 Å². The smallest absolute Gasteiger partial charge is 0.320 e. The van der Waals surface area contributed by atoms with Crippen molar-refractivity contribution in [2.24, 2.45) is 11.7 Å². The molecule has 0 aliphatic rings. The number of hydrogen-bond donors (Lipinski definition) is 2. The predicted molar refractivity (Wildman–Crippen MR) is 47.0 cm³/mol. The lowest BCUT2D eigenvalue weighted by molar-refractivity contribution is -0.139. The summed E-state index contributed by atoms with van der Waals surface area (Å²) < 4.78 is 0. The van der Waals surface area contributed by atoms with Gasteiger partial charge in [-0.3, -0.25) is 9.59 Å². The highest BCUT2D eigenvalue weighted by atomic mass is 35.5. The summed E-state index contributed by atoms with van der Waals surface area (Å²) in [6, 6.07) is -0.713. The lowest BCUT2D eigenvalue weighted by Gasteiger charge is -2.07. The van der Waals surface area contributed by atoms with Crippen molar-refractivity contribution in [3.8, 4) is 0 Å². The Kier molecular flexibility index (Phi) is 8.21. The largest absolute Gasteiger partial charge is 0.480 e. The highest BCUT2D eigenvalue weighted by Crippen LogP contribution is 1.96. The summed E-state index contributed by atoms with van der Waals surface area (Å²) in [7, 11) is 0. The van der Waals surface area contributed by atoms with Crippen molar-refractivity contribution in [1.29, 1.82) is 0 Å². The van der Waals surface area contributed by atoms with Gasteiger partial charge in [-0.15, -0.1) is 0 Å². The minimum Gasteiger partial charge on any atom is -0.480 e. The Labute approximate surface area is 76.7 Å². The molecule has 0 heterocycles. The average molecular weight is 196 g/mol. The molecular weight excluding hydrogens is 182 g/mol. The number of carboxylic acids is 1. The van der Waals surface area contributed by atoms with E-state index in [-0.39, 0.29) is 11.2 Å². The van der Waals surface area contributed by atoms with Crippen LogP contribution in [0.5, 0.6) is 0 Å². The SMILES string of the molecule is CC(=O)Cl.CC(C)[C@H](N)C(=O)O. The quantitative estimate of drug-likeness (QED) is 0.640. The molecule has 0 aromatic heterocycles. The Morgan fingerprint density at radius 2 is 1.67 bits per heavy atom. The van der Waals surface area contributed by atoms with Gasteiger partial charge in [0, 0.05) is 6.92 Å². The molecule has 0 aliphatic heterocycles. The monoisotopic (exact) mass is 195 g/mol. The van der Waals surface area contributed by atoms with Crippen LogP contribution >= 0.6 is 11.6 Å². The highest BCUT2D eigenvalue weighted by molar-refractivity contribution is 6.62. The second-order valence-corrected chi connectivity index (χ2v) is 3.11. The molecule has 0 radical (unpaired) electrons. The molecule has 0 aromatic carbocycles. The lowest BCUT2D eigenvalue weighted by Crippen LogP contribution is -2.34. The zero-order valence-electron chi connectivity index (χ0n) is 7.37. The van der Waals surface area contributed by atoms with Gasteiger partial charge in [-0.2, -0.15) is 0 Å². The summed E-state index contributed by atoms with van der Waals surface area (Å²) in [6.45, 7) is 4.85. The number of nitrogens with two attached hydrogens (primary N) is 1. The molecule has 0 unspecified atom stereocenters. The van der Waals surface area contributed by atoms with Crippen LogP contribution in [0.1, 0.15) is 20.8 Å². The Balaban J connectivity index is 0. The highest BCUT2D eigenvalue weighted by Gasteiger charge is 2.14. The van der Waals surface area contributed by atoms with E-state index in [1.807, 2.05) is 0 Å². The van der Waals surface area contributed by atoms with Crippen LogP contribution in [-0.2, 0) is 9.59 Å². The van der Waals surface area contributed by atoms with Crippen LogP contribution in [-0.4, -0.2) is 22.4 Å². The lowest BCUT2D eigenvalue weighted by atomic mass is 10.1. The van der Waals surface area contributed by atoms with Crippen LogP contribution in [0.4, 0.5) is 0 Å². The molecule has 12 heavy (non-hydrogen) atoms. The van der Waals surface area contributed by atoms with E-state index in [2.05, 4.69) is 11.6 Å². The maximum atomic E-state index is 10.0. The minimum atomic E-state index is -0.931. The number of halogens is 1. The molecule has 0 amide bonds. The van der Waals surface area contributed by atoms with E-state index in [4.69, 9.17) is 10.8 Å². The first-order chi connectivity index (χ1) is 5.29. The normalized spacial score (nSPS) is 11.5. The van der Waals surface area contributed by atoms with Crippen molar-refractivity contribution in [3.63, 3.8) is 0 Å². The van der Waals surface area contributed by atoms with Crippen molar-refractivity contribution in [1.82, 2.24) is 0 Å². The third-order valence-corrected chi connectivity index (χ3v) is 1.00. The first-order valence-corrected chi connectivity index (χ1v) is 3.81. The molecule has 0 saturated heterocycles. The third-order valence-electron chi connectivity index (χ3n) is 1.00. The van der Waals surface area contributed by atoms with Gasteiger partial charge in [-0.05, 0) is 17.5 Å². The molecule has 0 aliphatic carbocycles. The molecule has 0 fully saturated rings. The zero-order valence-corrected chi connectivity index (χ0v) is 8.13. The number of carboxylic acid groups (broad SMARTS) is 1. The molecule has 5 heteroatoms. The fourth-order valence-electron chi connectivity index (χ4n) is 0.285. The summed E-state index contributed by atoms with van der Waals surface area (Å²) >= 11 is 4.64. The number of carbonyl (C=O) groups is 2. The molecule has 3 N–H and O–H groups in total. The van der Waals surface area contributed by atoms with E-state index in [1.165, 1.54) is 6.92 Å². The molecular formula is C7H14ClNO3. The Morgan fingerprint density at radius 1 is 1.42 bits per heavy atom. The maximum absolute atomic E-state index is 10.0. The van der Waals surface area contributed by atoms with Crippen LogP contribution < -0.4 is 5.73 Å². The summed E-state index contributed by atoms with van der Waals surface area (Å²) in [4.78, 5) is 19.2. The minimum absolute atomic E-state index is 0.0208. The molecule has 72 valence electrons. The number of aliphatic carboxylic acids is 1. The van der Waals surface area contributed by atoms with Crippen molar-refractivity contribution in [2.45, 2.75) is 26.8 Å². The van der Waals surface area contributed by atoms with Crippen LogP contribution in [0.25, 0.3) is 0 Å². The number of rotatable bonds is 2. The van der Waals surface area contributed by atoms with Gasteiger partial charge in [-0.25, -0.2) is 0 Å². The van der Waals surface area contributed by atoms with Crippen molar-refractivity contribution < 1.29 is 14.7 Å². The fourth-order valence-corrected chi connectivity index (χ4v) is 0.285.